The van der Waals surface area contributed by atoms with E-state index in [-0.39, 0.29) is 35.1 Å². The number of hydrogen-bond acceptors (Lipinski definition) is 3. The number of carbonyl (C=O) groups excluding carboxylic acids is 2. The third kappa shape index (κ3) is 4.85. The zero-order chi connectivity index (χ0) is 22.9. The summed E-state index contributed by atoms with van der Waals surface area (Å²) in [5.74, 6) is -1.31. The zero-order valence-electron chi connectivity index (χ0n) is 15.9. The second-order valence-corrected chi connectivity index (χ2v) is 7.57. The lowest BCUT2D eigenvalue weighted by Gasteiger charge is -2.34. The van der Waals surface area contributed by atoms with Crippen molar-refractivity contribution in [3.8, 4) is 0 Å². The van der Waals surface area contributed by atoms with Gasteiger partial charge in [-0.05, 0) is 24.6 Å². The van der Waals surface area contributed by atoms with E-state index >= 15 is 0 Å². The molecule has 2 aromatic rings. The Hall–Kier alpha value is -2.59. The molecule has 1 saturated heterocycles. The Morgan fingerprint density at radius 2 is 2.00 bits per heavy atom. The zero-order valence-corrected chi connectivity index (χ0v) is 17.4. The van der Waals surface area contributed by atoms with Gasteiger partial charge in [-0.2, -0.15) is 13.2 Å². The maximum absolute atomic E-state index is 14.9. The van der Waals surface area contributed by atoms with Crippen molar-refractivity contribution in [2.24, 2.45) is 0 Å². The van der Waals surface area contributed by atoms with Crippen LogP contribution in [0.1, 0.15) is 29.8 Å². The lowest BCUT2D eigenvalue weighted by Crippen LogP contribution is -2.58. The summed E-state index contributed by atoms with van der Waals surface area (Å²) in [6.07, 6.45) is -3.77. The van der Waals surface area contributed by atoms with Crippen molar-refractivity contribution in [2.45, 2.75) is 25.2 Å². The third-order valence-electron chi connectivity index (χ3n) is 4.81. The average molecular weight is 479 g/mol. The van der Waals surface area contributed by atoms with E-state index in [1.54, 1.807) is 0 Å². The van der Waals surface area contributed by atoms with Crippen molar-refractivity contribution >= 4 is 35.1 Å². The quantitative estimate of drug-likeness (QED) is 0.513. The molecule has 1 aliphatic rings. The van der Waals surface area contributed by atoms with Crippen LogP contribution in [0.2, 0.25) is 10.0 Å². The van der Waals surface area contributed by atoms with Gasteiger partial charge in [-0.25, -0.2) is 9.18 Å². The number of alkyl halides is 3. The molecular formula is C19H16Cl2F4N4O2. The Kier molecular flexibility index (Phi) is 6.61. The molecule has 0 unspecified atom stereocenters. The molecule has 3 amide bonds. The molecule has 0 spiro atoms. The molecule has 1 aromatic carbocycles. The molecule has 1 aromatic heterocycles. The van der Waals surface area contributed by atoms with Gasteiger partial charge in [-0.3, -0.25) is 9.78 Å². The van der Waals surface area contributed by atoms with Crippen LogP contribution in [0.3, 0.4) is 0 Å². The number of carbonyl (C=O) groups is 2. The van der Waals surface area contributed by atoms with Crippen LogP contribution < -0.4 is 10.6 Å². The highest BCUT2D eigenvalue weighted by Gasteiger charge is 2.34. The van der Waals surface area contributed by atoms with Gasteiger partial charge < -0.3 is 15.5 Å². The molecule has 31 heavy (non-hydrogen) atoms. The smallest absolute Gasteiger partial charge is 0.353 e. The van der Waals surface area contributed by atoms with E-state index < -0.39 is 40.8 Å². The first-order valence-electron chi connectivity index (χ1n) is 9.02. The van der Waals surface area contributed by atoms with Crippen molar-refractivity contribution in [3.63, 3.8) is 0 Å². The molecule has 166 valence electrons. The number of pyridine rings is 1. The fraction of sp³-hybridized carbons (Fsp3) is 0.316. The van der Waals surface area contributed by atoms with Crippen LogP contribution in [-0.4, -0.2) is 41.0 Å². The fourth-order valence-electron chi connectivity index (χ4n) is 3.11. The summed E-state index contributed by atoms with van der Waals surface area (Å²) in [5.41, 5.74) is -1.19. The van der Waals surface area contributed by atoms with E-state index in [2.05, 4.69) is 15.6 Å². The first-order valence-corrected chi connectivity index (χ1v) is 9.77. The number of urea groups is 1. The van der Waals surface area contributed by atoms with E-state index in [9.17, 15) is 27.2 Å². The number of halogens is 6. The summed E-state index contributed by atoms with van der Waals surface area (Å²) < 4.78 is 53.5. The number of hydrogen-bond donors (Lipinski definition) is 2. The Labute approximate surface area is 184 Å². The molecule has 2 N–H and O–H groups in total. The first kappa shape index (κ1) is 23.1. The van der Waals surface area contributed by atoms with Gasteiger partial charge in [0.15, 0.2) is 0 Å². The van der Waals surface area contributed by atoms with Crippen LogP contribution in [0.15, 0.2) is 30.5 Å². The average Bonchev–Trinajstić information content (AvgIpc) is 2.72. The molecule has 6 nitrogen and oxygen atoms in total. The summed E-state index contributed by atoms with van der Waals surface area (Å²) in [5, 5.41) is 4.70. The van der Waals surface area contributed by atoms with Crippen molar-refractivity contribution in [1.29, 1.82) is 0 Å². The molecule has 0 radical (unpaired) electrons. The van der Waals surface area contributed by atoms with Crippen LogP contribution >= 0.6 is 23.2 Å². The number of nitrogens with one attached hydrogen (secondary N) is 2. The first-order chi connectivity index (χ1) is 14.5. The SMILES string of the molecule is C[C@@H]1C(=O)NCCN1C(=O)N[C@@H](c1ccc(C(F)(F)F)nc1)c1ccc(Cl)c(Cl)c1F. The molecule has 0 bridgehead atoms. The molecule has 1 aliphatic heterocycles. The minimum Gasteiger partial charge on any atom is -0.353 e. The number of aromatic nitrogens is 1. The van der Waals surface area contributed by atoms with Crippen LogP contribution in [0, 0.1) is 5.82 Å². The lowest BCUT2D eigenvalue weighted by atomic mass is 9.99. The van der Waals surface area contributed by atoms with Gasteiger partial charge in [-0.15, -0.1) is 0 Å². The topological polar surface area (TPSA) is 74.3 Å². The minimum atomic E-state index is -4.66. The second-order valence-electron chi connectivity index (χ2n) is 6.78. The van der Waals surface area contributed by atoms with E-state index in [1.807, 2.05) is 0 Å². The number of amides is 3. The highest BCUT2D eigenvalue weighted by molar-refractivity contribution is 6.42. The van der Waals surface area contributed by atoms with Gasteiger partial charge in [0.1, 0.15) is 17.6 Å². The third-order valence-corrected chi connectivity index (χ3v) is 5.59. The fourth-order valence-corrected chi connectivity index (χ4v) is 3.43. The summed E-state index contributed by atoms with van der Waals surface area (Å²) in [6.45, 7) is 1.94. The predicted molar refractivity (Wildman–Crippen MR) is 105 cm³/mol. The van der Waals surface area contributed by atoms with Gasteiger partial charge in [0.05, 0.1) is 16.1 Å². The molecule has 0 aliphatic carbocycles. The van der Waals surface area contributed by atoms with Gasteiger partial charge in [-0.1, -0.05) is 35.3 Å². The Morgan fingerprint density at radius 1 is 1.29 bits per heavy atom. The largest absolute Gasteiger partial charge is 0.433 e. The lowest BCUT2D eigenvalue weighted by molar-refractivity contribution is -0.141. The van der Waals surface area contributed by atoms with Crippen LogP contribution in [0.25, 0.3) is 0 Å². The maximum atomic E-state index is 14.9. The van der Waals surface area contributed by atoms with E-state index in [4.69, 9.17) is 23.2 Å². The highest BCUT2D eigenvalue weighted by Crippen LogP contribution is 2.34. The minimum absolute atomic E-state index is 0.0696. The Morgan fingerprint density at radius 3 is 2.61 bits per heavy atom. The summed E-state index contributed by atoms with van der Waals surface area (Å²) in [4.78, 5) is 29.3. The Balaban J connectivity index is 2.00. The highest BCUT2D eigenvalue weighted by atomic mass is 35.5. The molecule has 0 saturated carbocycles. The number of piperazine rings is 1. The molecule has 2 heterocycles. The summed E-state index contributed by atoms with van der Waals surface area (Å²) in [7, 11) is 0. The maximum Gasteiger partial charge on any atom is 0.433 e. The molecule has 3 rings (SSSR count). The van der Waals surface area contributed by atoms with Gasteiger partial charge in [0, 0.05) is 24.8 Å². The monoisotopic (exact) mass is 478 g/mol. The van der Waals surface area contributed by atoms with Crippen LogP contribution in [0.4, 0.5) is 22.4 Å². The van der Waals surface area contributed by atoms with Crippen molar-refractivity contribution in [3.05, 3.63) is 63.1 Å². The predicted octanol–water partition coefficient (Wildman–Crippen LogP) is 4.17. The van der Waals surface area contributed by atoms with E-state index in [0.717, 1.165) is 18.3 Å². The van der Waals surface area contributed by atoms with E-state index in [0.29, 0.717) is 0 Å². The molecule has 12 heteroatoms. The van der Waals surface area contributed by atoms with Crippen LogP contribution in [-0.2, 0) is 11.0 Å². The molecule has 2 atom stereocenters. The second kappa shape index (κ2) is 8.88. The van der Waals surface area contributed by atoms with Crippen molar-refractivity contribution in [2.75, 3.05) is 13.1 Å². The molecular weight excluding hydrogens is 463 g/mol. The Bertz CT molecular complexity index is 1000. The van der Waals surface area contributed by atoms with Crippen molar-refractivity contribution in [1.82, 2.24) is 20.5 Å². The van der Waals surface area contributed by atoms with Crippen LogP contribution in [0.5, 0.6) is 0 Å². The van der Waals surface area contributed by atoms with Gasteiger partial charge >= 0.3 is 12.2 Å². The molecule has 1 fully saturated rings. The summed E-state index contributed by atoms with van der Waals surface area (Å²) >= 11 is 11.7. The standard InChI is InChI=1S/C19H16Cl2F4N4O2/c1-9-17(30)26-6-7-29(9)18(31)28-16(11-3-4-12(20)14(21)15(11)22)10-2-5-13(27-8-10)19(23,24)25/h2-5,8-9,16H,6-7H2,1H3,(H,26,30)(H,28,31)/t9-,16+/m1/s1. The van der Waals surface area contributed by atoms with Gasteiger partial charge in [0.25, 0.3) is 0 Å². The summed E-state index contributed by atoms with van der Waals surface area (Å²) in [6, 6.07) is 1.62. The number of benzene rings is 1. The number of nitrogens with zero attached hydrogens (tertiary/aromatic N) is 2. The van der Waals surface area contributed by atoms with Gasteiger partial charge in [0.2, 0.25) is 5.91 Å². The van der Waals surface area contributed by atoms with E-state index in [1.165, 1.54) is 24.0 Å². The number of rotatable bonds is 3. The van der Waals surface area contributed by atoms with Crippen molar-refractivity contribution < 1.29 is 27.2 Å². The normalized spacial score (nSPS) is 17.8.